The zero-order valence-electron chi connectivity index (χ0n) is 23.0. The van der Waals surface area contributed by atoms with E-state index >= 15 is 0 Å². The Morgan fingerprint density at radius 1 is 1.15 bits per heavy atom. The van der Waals surface area contributed by atoms with Crippen LogP contribution in [0.3, 0.4) is 0 Å². The van der Waals surface area contributed by atoms with Crippen molar-refractivity contribution in [2.75, 3.05) is 58.3 Å². The van der Waals surface area contributed by atoms with Crippen LogP contribution in [0.25, 0.3) is 22.2 Å². The van der Waals surface area contributed by atoms with Crippen molar-refractivity contribution >= 4 is 22.6 Å². The van der Waals surface area contributed by atoms with Crippen LogP contribution in [0.5, 0.6) is 11.6 Å². The number of hydrogen-bond donors (Lipinski definition) is 1. The van der Waals surface area contributed by atoms with E-state index in [-0.39, 0.29) is 11.3 Å². The number of aromatic hydroxyl groups is 1. The van der Waals surface area contributed by atoms with Crippen molar-refractivity contribution < 1.29 is 23.4 Å². The number of ether oxygens (including phenoxy) is 1. The molecule has 2 aliphatic heterocycles. The maximum Gasteiger partial charge on any atom is 0.282 e. The SMILES string of the molecule is C=C(F)C(=O)N1CCN(c2cc(OC)nc3cc(-c4c(O)cccc4F)cnc23)CC1.CC#N.CN1CCCC1. The van der Waals surface area contributed by atoms with Crippen molar-refractivity contribution in [3.8, 4) is 28.8 Å². The van der Waals surface area contributed by atoms with Gasteiger partial charge in [0.05, 0.1) is 29.9 Å². The summed E-state index contributed by atoms with van der Waals surface area (Å²) in [5, 5.41) is 17.4. The quantitative estimate of drug-likeness (QED) is 0.471. The fourth-order valence-electron chi connectivity index (χ4n) is 4.55. The number of benzene rings is 1. The molecule has 3 aromatic rings. The van der Waals surface area contributed by atoms with Gasteiger partial charge in [-0.3, -0.25) is 9.78 Å². The number of phenols is 1. The van der Waals surface area contributed by atoms with E-state index in [1.54, 1.807) is 18.2 Å². The topological polar surface area (TPSA) is 106 Å². The highest BCUT2D eigenvalue weighted by atomic mass is 19.1. The summed E-state index contributed by atoms with van der Waals surface area (Å²) in [4.78, 5) is 26.5. The molecule has 0 unspecified atom stereocenters. The maximum atomic E-state index is 14.3. The molecule has 0 atom stereocenters. The molecule has 0 bridgehead atoms. The van der Waals surface area contributed by atoms with Gasteiger partial charge in [0.2, 0.25) is 5.88 Å². The van der Waals surface area contributed by atoms with Gasteiger partial charge in [-0.1, -0.05) is 12.6 Å². The number of rotatable bonds is 4. The third-order valence-corrected chi connectivity index (χ3v) is 6.56. The molecule has 2 aromatic heterocycles. The molecule has 1 N–H and O–H groups in total. The predicted octanol–water partition coefficient (Wildman–Crippen LogP) is 4.52. The number of carbonyl (C=O) groups excluding carboxylic acids is 1. The number of halogens is 2. The Kier molecular flexibility index (Phi) is 10.7. The molecular formula is C29H34F2N6O3. The number of anilines is 1. The Morgan fingerprint density at radius 3 is 2.33 bits per heavy atom. The van der Waals surface area contributed by atoms with Crippen molar-refractivity contribution in [3.05, 3.63) is 54.8 Å². The number of amides is 1. The number of likely N-dealkylation sites (tertiary alicyclic amines) is 1. The Hall–Kier alpha value is -4.30. The van der Waals surface area contributed by atoms with Gasteiger partial charge in [0.15, 0.2) is 5.83 Å². The van der Waals surface area contributed by atoms with Crippen LogP contribution in [0.1, 0.15) is 19.8 Å². The Morgan fingerprint density at radius 2 is 1.80 bits per heavy atom. The number of aromatic nitrogens is 2. The minimum absolute atomic E-state index is 0.0432. The first-order chi connectivity index (χ1) is 19.2. The summed E-state index contributed by atoms with van der Waals surface area (Å²) in [6, 6.07) is 9.21. The number of nitrogens with zero attached hydrogens (tertiary/aromatic N) is 6. The highest BCUT2D eigenvalue weighted by Gasteiger charge is 2.25. The monoisotopic (exact) mass is 552 g/mol. The molecule has 4 heterocycles. The van der Waals surface area contributed by atoms with Gasteiger partial charge in [-0.2, -0.15) is 5.26 Å². The Bertz CT molecular complexity index is 1360. The first-order valence-electron chi connectivity index (χ1n) is 12.9. The fourth-order valence-corrected chi connectivity index (χ4v) is 4.55. The molecule has 1 aromatic carbocycles. The average molecular weight is 553 g/mol. The summed E-state index contributed by atoms with van der Waals surface area (Å²) in [5.41, 5.74) is 2.19. The molecule has 11 heteroatoms. The molecule has 212 valence electrons. The van der Waals surface area contributed by atoms with E-state index in [0.717, 1.165) is 5.69 Å². The molecule has 1 amide bonds. The minimum atomic E-state index is -0.977. The second-order valence-corrected chi connectivity index (χ2v) is 9.33. The van der Waals surface area contributed by atoms with Gasteiger partial charge in [-0.15, -0.1) is 0 Å². The summed E-state index contributed by atoms with van der Waals surface area (Å²) < 4.78 is 32.8. The van der Waals surface area contributed by atoms with E-state index in [1.165, 1.54) is 69.3 Å². The number of carbonyl (C=O) groups is 1. The van der Waals surface area contributed by atoms with Gasteiger partial charge >= 0.3 is 0 Å². The molecule has 0 radical (unpaired) electrons. The summed E-state index contributed by atoms with van der Waals surface area (Å²) in [7, 11) is 3.66. The summed E-state index contributed by atoms with van der Waals surface area (Å²) in [6.07, 6.45) is 4.30. The minimum Gasteiger partial charge on any atom is -0.507 e. The van der Waals surface area contributed by atoms with E-state index in [0.29, 0.717) is 48.7 Å². The molecular weight excluding hydrogens is 518 g/mol. The molecule has 0 saturated carbocycles. The molecule has 0 spiro atoms. The van der Waals surface area contributed by atoms with Crippen molar-refractivity contribution in [3.63, 3.8) is 0 Å². The van der Waals surface area contributed by atoms with Crippen molar-refractivity contribution in [1.29, 1.82) is 5.26 Å². The normalized spacial score (nSPS) is 14.9. The largest absolute Gasteiger partial charge is 0.507 e. The second-order valence-electron chi connectivity index (χ2n) is 9.33. The van der Waals surface area contributed by atoms with Crippen LogP contribution in [0.4, 0.5) is 14.5 Å². The number of hydrogen-bond acceptors (Lipinski definition) is 8. The highest BCUT2D eigenvalue weighted by molar-refractivity contribution is 5.93. The lowest BCUT2D eigenvalue weighted by atomic mass is 10.0. The van der Waals surface area contributed by atoms with Crippen LogP contribution >= 0.6 is 0 Å². The Balaban J connectivity index is 0.000000421. The zero-order valence-corrected chi connectivity index (χ0v) is 23.0. The Labute approximate surface area is 232 Å². The summed E-state index contributed by atoms with van der Waals surface area (Å²) in [5.74, 6) is -2.10. The second kappa shape index (κ2) is 14.2. The van der Waals surface area contributed by atoms with Gasteiger partial charge in [-0.25, -0.2) is 13.8 Å². The average Bonchev–Trinajstić information content (AvgIpc) is 3.43. The van der Waals surface area contributed by atoms with E-state index < -0.39 is 17.6 Å². The number of nitriles is 1. The van der Waals surface area contributed by atoms with E-state index in [9.17, 15) is 18.7 Å². The van der Waals surface area contributed by atoms with Crippen LogP contribution in [0.15, 0.2) is 48.9 Å². The van der Waals surface area contributed by atoms with E-state index in [2.05, 4.69) is 28.5 Å². The first-order valence-corrected chi connectivity index (χ1v) is 12.9. The lowest BCUT2D eigenvalue weighted by molar-refractivity contribution is -0.128. The van der Waals surface area contributed by atoms with Crippen LogP contribution in [-0.2, 0) is 4.79 Å². The number of pyridine rings is 2. The van der Waals surface area contributed by atoms with Gasteiger partial charge in [0, 0.05) is 50.9 Å². The van der Waals surface area contributed by atoms with Crippen molar-refractivity contribution in [2.24, 2.45) is 0 Å². The zero-order chi connectivity index (χ0) is 29.2. The lowest BCUT2D eigenvalue weighted by Gasteiger charge is -2.36. The van der Waals surface area contributed by atoms with Crippen molar-refractivity contribution in [2.45, 2.75) is 19.8 Å². The molecule has 40 heavy (non-hydrogen) atoms. The van der Waals surface area contributed by atoms with Gasteiger partial charge < -0.3 is 24.5 Å². The van der Waals surface area contributed by atoms with Crippen molar-refractivity contribution in [1.82, 2.24) is 19.8 Å². The van der Waals surface area contributed by atoms with Crippen LogP contribution in [0, 0.1) is 17.1 Å². The maximum absolute atomic E-state index is 14.3. The summed E-state index contributed by atoms with van der Waals surface area (Å²) in [6.45, 7) is 8.71. The molecule has 5 rings (SSSR count). The molecule has 9 nitrogen and oxygen atoms in total. The van der Waals surface area contributed by atoms with Gasteiger partial charge in [0.1, 0.15) is 17.1 Å². The van der Waals surface area contributed by atoms with E-state index in [1.807, 2.05) is 4.90 Å². The number of methoxy groups -OCH3 is 1. The smallest absolute Gasteiger partial charge is 0.282 e. The third-order valence-electron chi connectivity index (χ3n) is 6.56. The summed E-state index contributed by atoms with van der Waals surface area (Å²) >= 11 is 0. The lowest BCUT2D eigenvalue weighted by Crippen LogP contribution is -2.49. The molecule has 0 aliphatic carbocycles. The highest BCUT2D eigenvalue weighted by Crippen LogP contribution is 2.35. The predicted molar refractivity (Wildman–Crippen MR) is 150 cm³/mol. The standard InChI is InChI=1S/C22H20F2N4O3.C5H11N.C2H3N/c1-13(23)22(30)28-8-6-27(7-9-28)17-11-19(31-2)26-16-10-14(12-25-21(16)17)20-15(24)4-3-5-18(20)29;1-6-4-2-3-5-6;1-2-3/h3-5,10-12,29H,1,6-9H2,2H3;2-5H2,1H3;1H3. The molecule has 2 aliphatic rings. The van der Waals surface area contributed by atoms with Gasteiger partial charge in [0.25, 0.3) is 5.91 Å². The fraction of sp³-hybridized carbons (Fsp3) is 0.379. The number of fused-ring (bicyclic) bond motifs is 1. The molecule has 2 saturated heterocycles. The number of piperazine rings is 1. The molecule has 2 fully saturated rings. The van der Waals surface area contributed by atoms with E-state index in [4.69, 9.17) is 10.00 Å². The van der Waals surface area contributed by atoms with Gasteiger partial charge in [-0.05, 0) is 51.2 Å². The van der Waals surface area contributed by atoms with Crippen LogP contribution in [0.2, 0.25) is 0 Å². The first kappa shape index (κ1) is 30.2. The third kappa shape index (κ3) is 7.42. The van der Waals surface area contributed by atoms with Crippen LogP contribution < -0.4 is 9.64 Å². The number of phenolic OH excluding ortho intramolecular Hbond substituents is 1. The van der Waals surface area contributed by atoms with Crippen LogP contribution in [-0.4, -0.2) is 84.2 Å².